The Labute approximate surface area is 108 Å². The molecule has 0 amide bonds. The summed E-state index contributed by atoms with van der Waals surface area (Å²) in [6.07, 6.45) is 5.25. The number of nitrogens with zero attached hydrogens (tertiary/aromatic N) is 2. The van der Waals surface area contributed by atoms with Crippen molar-refractivity contribution in [1.82, 2.24) is 15.3 Å². The van der Waals surface area contributed by atoms with Crippen LogP contribution in [0.2, 0.25) is 0 Å². The van der Waals surface area contributed by atoms with E-state index in [1.54, 1.807) is 12.4 Å². The third kappa shape index (κ3) is 3.14. The van der Waals surface area contributed by atoms with Crippen LogP contribution < -0.4 is 5.32 Å². The molecule has 0 aliphatic heterocycles. The van der Waals surface area contributed by atoms with Crippen LogP contribution in [-0.2, 0) is 6.54 Å². The summed E-state index contributed by atoms with van der Waals surface area (Å²) in [5.41, 5.74) is 4.59. The standard InChI is InChI=1S/C15H19N3/c1-11(2)18-9-13-5-4-12(3)8-14(13)15-10-16-6-7-17-15/h4-8,10-11,18H,9H2,1-3H3. The van der Waals surface area contributed by atoms with Crippen molar-refractivity contribution in [2.45, 2.75) is 33.4 Å². The van der Waals surface area contributed by atoms with Crippen molar-refractivity contribution in [2.75, 3.05) is 0 Å². The fourth-order valence-corrected chi connectivity index (χ4v) is 1.84. The third-order valence-corrected chi connectivity index (χ3v) is 2.81. The van der Waals surface area contributed by atoms with Gasteiger partial charge in [-0.05, 0) is 18.6 Å². The van der Waals surface area contributed by atoms with E-state index in [-0.39, 0.29) is 0 Å². The summed E-state index contributed by atoms with van der Waals surface area (Å²) in [4.78, 5) is 8.53. The van der Waals surface area contributed by atoms with Gasteiger partial charge >= 0.3 is 0 Å². The number of aromatic nitrogens is 2. The number of nitrogens with one attached hydrogen (secondary N) is 1. The van der Waals surface area contributed by atoms with E-state index in [1.165, 1.54) is 11.1 Å². The molecule has 0 aliphatic rings. The maximum absolute atomic E-state index is 4.39. The molecule has 1 heterocycles. The second kappa shape index (κ2) is 5.74. The number of aryl methyl sites for hydroxylation is 1. The first-order chi connectivity index (χ1) is 8.66. The van der Waals surface area contributed by atoms with Gasteiger partial charge in [0.1, 0.15) is 0 Å². The average molecular weight is 241 g/mol. The predicted molar refractivity (Wildman–Crippen MR) is 74.2 cm³/mol. The van der Waals surface area contributed by atoms with Crippen LogP contribution in [0.4, 0.5) is 0 Å². The second-order valence-electron chi connectivity index (χ2n) is 4.79. The van der Waals surface area contributed by atoms with Gasteiger partial charge in [0.25, 0.3) is 0 Å². The summed E-state index contributed by atoms with van der Waals surface area (Å²) in [5.74, 6) is 0. The van der Waals surface area contributed by atoms with Crippen LogP contribution in [0.25, 0.3) is 11.3 Å². The molecule has 18 heavy (non-hydrogen) atoms. The summed E-state index contributed by atoms with van der Waals surface area (Å²) < 4.78 is 0. The van der Waals surface area contributed by atoms with Crippen molar-refractivity contribution in [3.05, 3.63) is 47.9 Å². The monoisotopic (exact) mass is 241 g/mol. The highest BCUT2D eigenvalue weighted by Crippen LogP contribution is 2.22. The number of hydrogen-bond donors (Lipinski definition) is 1. The Balaban J connectivity index is 2.35. The van der Waals surface area contributed by atoms with Gasteiger partial charge in [0.15, 0.2) is 0 Å². The van der Waals surface area contributed by atoms with Crippen molar-refractivity contribution < 1.29 is 0 Å². The molecule has 0 saturated heterocycles. The number of benzene rings is 1. The first-order valence-corrected chi connectivity index (χ1v) is 6.26. The molecular formula is C15H19N3. The van der Waals surface area contributed by atoms with Crippen molar-refractivity contribution in [3.8, 4) is 11.3 Å². The number of hydrogen-bond acceptors (Lipinski definition) is 3. The van der Waals surface area contributed by atoms with E-state index in [4.69, 9.17) is 0 Å². The normalized spacial score (nSPS) is 10.9. The highest BCUT2D eigenvalue weighted by molar-refractivity contribution is 5.63. The highest BCUT2D eigenvalue weighted by Gasteiger charge is 2.07. The first-order valence-electron chi connectivity index (χ1n) is 6.26. The lowest BCUT2D eigenvalue weighted by atomic mass is 10.0. The van der Waals surface area contributed by atoms with Gasteiger partial charge in [-0.15, -0.1) is 0 Å². The largest absolute Gasteiger partial charge is 0.310 e. The molecule has 0 radical (unpaired) electrons. The fraction of sp³-hybridized carbons (Fsp3) is 0.333. The van der Waals surface area contributed by atoms with Gasteiger partial charge in [0.05, 0.1) is 11.9 Å². The topological polar surface area (TPSA) is 37.8 Å². The summed E-state index contributed by atoms with van der Waals surface area (Å²) >= 11 is 0. The lowest BCUT2D eigenvalue weighted by Crippen LogP contribution is -2.22. The molecule has 94 valence electrons. The zero-order valence-corrected chi connectivity index (χ0v) is 11.1. The third-order valence-electron chi connectivity index (χ3n) is 2.81. The van der Waals surface area contributed by atoms with Crippen molar-refractivity contribution in [3.63, 3.8) is 0 Å². The van der Waals surface area contributed by atoms with Gasteiger partial charge < -0.3 is 5.32 Å². The van der Waals surface area contributed by atoms with Crippen molar-refractivity contribution in [2.24, 2.45) is 0 Å². The molecule has 3 heteroatoms. The minimum Gasteiger partial charge on any atom is -0.310 e. The van der Waals surface area contributed by atoms with Crippen molar-refractivity contribution >= 4 is 0 Å². The Morgan fingerprint density at radius 1 is 1.22 bits per heavy atom. The Morgan fingerprint density at radius 2 is 2.06 bits per heavy atom. The van der Waals surface area contributed by atoms with Crippen LogP contribution in [0, 0.1) is 6.92 Å². The molecule has 2 rings (SSSR count). The van der Waals surface area contributed by atoms with Crippen LogP contribution in [0.15, 0.2) is 36.8 Å². The molecule has 0 bridgehead atoms. The lowest BCUT2D eigenvalue weighted by molar-refractivity contribution is 0.589. The van der Waals surface area contributed by atoms with Crippen molar-refractivity contribution in [1.29, 1.82) is 0 Å². The second-order valence-corrected chi connectivity index (χ2v) is 4.79. The van der Waals surface area contributed by atoms with Crippen LogP contribution in [-0.4, -0.2) is 16.0 Å². The summed E-state index contributed by atoms with van der Waals surface area (Å²) in [6.45, 7) is 7.25. The zero-order valence-electron chi connectivity index (χ0n) is 11.1. The fourth-order valence-electron chi connectivity index (χ4n) is 1.84. The van der Waals surface area contributed by atoms with E-state index in [0.717, 1.165) is 17.8 Å². The molecule has 0 aliphatic carbocycles. The molecule has 0 atom stereocenters. The molecule has 0 fully saturated rings. The maximum atomic E-state index is 4.39. The molecule has 3 nitrogen and oxygen atoms in total. The van der Waals surface area contributed by atoms with Gasteiger partial charge in [0, 0.05) is 30.5 Å². The Kier molecular flexibility index (Phi) is 4.05. The molecule has 1 N–H and O–H groups in total. The van der Waals surface area contributed by atoms with E-state index in [9.17, 15) is 0 Å². The van der Waals surface area contributed by atoms with Gasteiger partial charge in [-0.2, -0.15) is 0 Å². The molecule has 0 spiro atoms. The lowest BCUT2D eigenvalue weighted by Gasteiger charge is -2.13. The Hall–Kier alpha value is -1.74. The quantitative estimate of drug-likeness (QED) is 0.894. The maximum Gasteiger partial charge on any atom is 0.0888 e. The predicted octanol–water partition coefficient (Wildman–Crippen LogP) is 2.95. The number of rotatable bonds is 4. The van der Waals surface area contributed by atoms with E-state index >= 15 is 0 Å². The molecule has 2 aromatic rings. The summed E-state index contributed by atoms with van der Waals surface area (Å²) in [7, 11) is 0. The first kappa shape index (κ1) is 12.7. The van der Waals surface area contributed by atoms with Crippen LogP contribution >= 0.6 is 0 Å². The Morgan fingerprint density at radius 3 is 2.72 bits per heavy atom. The zero-order chi connectivity index (χ0) is 13.0. The molecule has 0 unspecified atom stereocenters. The minimum atomic E-state index is 0.473. The average Bonchev–Trinajstić information content (AvgIpc) is 2.38. The van der Waals surface area contributed by atoms with E-state index in [2.05, 4.69) is 54.3 Å². The minimum absolute atomic E-state index is 0.473. The van der Waals surface area contributed by atoms with Crippen LogP contribution in [0.5, 0.6) is 0 Å². The van der Waals surface area contributed by atoms with E-state index in [0.29, 0.717) is 6.04 Å². The molecule has 1 aromatic carbocycles. The van der Waals surface area contributed by atoms with E-state index in [1.807, 2.05) is 6.20 Å². The smallest absolute Gasteiger partial charge is 0.0888 e. The van der Waals surface area contributed by atoms with Gasteiger partial charge in [-0.1, -0.05) is 31.5 Å². The molecular weight excluding hydrogens is 222 g/mol. The van der Waals surface area contributed by atoms with Gasteiger partial charge in [-0.3, -0.25) is 9.97 Å². The van der Waals surface area contributed by atoms with Crippen LogP contribution in [0.3, 0.4) is 0 Å². The molecule has 1 aromatic heterocycles. The Bertz CT molecular complexity index is 506. The summed E-state index contributed by atoms with van der Waals surface area (Å²) in [6, 6.07) is 6.94. The van der Waals surface area contributed by atoms with Crippen LogP contribution in [0.1, 0.15) is 25.0 Å². The summed E-state index contributed by atoms with van der Waals surface area (Å²) in [5, 5.41) is 3.44. The van der Waals surface area contributed by atoms with Gasteiger partial charge in [-0.25, -0.2) is 0 Å². The molecule has 0 saturated carbocycles. The SMILES string of the molecule is Cc1ccc(CNC(C)C)c(-c2cnccn2)c1. The van der Waals surface area contributed by atoms with E-state index < -0.39 is 0 Å². The van der Waals surface area contributed by atoms with Gasteiger partial charge in [0.2, 0.25) is 0 Å². The highest BCUT2D eigenvalue weighted by atomic mass is 14.9.